The second-order valence-corrected chi connectivity index (χ2v) is 5.62. The first kappa shape index (κ1) is 18.0. The van der Waals surface area contributed by atoms with Crippen LogP contribution in [0.3, 0.4) is 0 Å². The maximum atomic E-state index is 13.0. The summed E-state index contributed by atoms with van der Waals surface area (Å²) in [5.74, 6) is -1.24. The Morgan fingerprint density at radius 2 is 1.75 bits per heavy atom. The predicted octanol–water partition coefficient (Wildman–Crippen LogP) is 1.21. The molecule has 10 heteroatoms. The lowest BCUT2D eigenvalue weighted by Crippen LogP contribution is -2.39. The molecule has 2 aromatic rings. The SMILES string of the molecule is CC(=O)CCCCn1c(=O)c2c(nc(C(F)(F)F)n2C)n(C)c1=O. The van der Waals surface area contributed by atoms with E-state index < -0.39 is 23.2 Å². The van der Waals surface area contributed by atoms with Crippen LogP contribution in [-0.2, 0) is 31.6 Å². The van der Waals surface area contributed by atoms with Crippen LogP contribution in [-0.4, -0.2) is 24.5 Å². The van der Waals surface area contributed by atoms with Gasteiger partial charge in [-0.3, -0.25) is 13.9 Å². The first-order valence-corrected chi connectivity index (χ1v) is 7.28. The summed E-state index contributed by atoms with van der Waals surface area (Å²) in [6.07, 6.45) is -3.53. The fourth-order valence-corrected chi connectivity index (χ4v) is 2.54. The summed E-state index contributed by atoms with van der Waals surface area (Å²) in [4.78, 5) is 39.0. The minimum Gasteiger partial charge on any atom is -0.318 e. The number of hydrogen-bond acceptors (Lipinski definition) is 4. The van der Waals surface area contributed by atoms with Crippen LogP contribution in [0.4, 0.5) is 13.2 Å². The summed E-state index contributed by atoms with van der Waals surface area (Å²) in [5, 5.41) is 0. The Bertz CT molecular complexity index is 905. The van der Waals surface area contributed by atoms with E-state index in [9.17, 15) is 27.6 Å². The molecule has 0 N–H and O–H groups in total. The lowest BCUT2D eigenvalue weighted by Gasteiger charge is -2.08. The third-order valence-electron chi connectivity index (χ3n) is 3.77. The zero-order chi connectivity index (χ0) is 18.2. The van der Waals surface area contributed by atoms with Crippen molar-refractivity contribution in [3.8, 4) is 0 Å². The van der Waals surface area contributed by atoms with Crippen molar-refractivity contribution in [1.82, 2.24) is 18.7 Å². The quantitative estimate of drug-likeness (QED) is 0.763. The van der Waals surface area contributed by atoms with Gasteiger partial charge in [0.15, 0.2) is 11.2 Å². The monoisotopic (exact) mass is 346 g/mol. The number of carbonyl (C=O) groups is 1. The Kier molecular flexibility index (Phi) is 4.68. The molecular formula is C14H17F3N4O3. The van der Waals surface area contributed by atoms with Crippen molar-refractivity contribution in [2.24, 2.45) is 14.1 Å². The van der Waals surface area contributed by atoms with Gasteiger partial charge in [-0.25, -0.2) is 9.78 Å². The number of aryl methyl sites for hydroxylation is 2. The maximum absolute atomic E-state index is 13.0. The average molecular weight is 346 g/mol. The van der Waals surface area contributed by atoms with Gasteiger partial charge >= 0.3 is 11.9 Å². The minimum absolute atomic E-state index is 0.00726. The van der Waals surface area contributed by atoms with Gasteiger partial charge in [-0.1, -0.05) is 0 Å². The molecule has 0 saturated heterocycles. The summed E-state index contributed by atoms with van der Waals surface area (Å²) >= 11 is 0. The topological polar surface area (TPSA) is 78.9 Å². The van der Waals surface area contributed by atoms with Crippen LogP contribution in [0.2, 0.25) is 0 Å². The zero-order valence-electron chi connectivity index (χ0n) is 13.5. The van der Waals surface area contributed by atoms with Gasteiger partial charge in [0, 0.05) is 27.1 Å². The van der Waals surface area contributed by atoms with Gasteiger partial charge in [0.25, 0.3) is 5.56 Å². The molecule has 0 bridgehead atoms. The molecule has 0 radical (unpaired) electrons. The lowest BCUT2D eigenvalue weighted by atomic mass is 10.2. The number of imidazole rings is 1. The van der Waals surface area contributed by atoms with E-state index in [1.165, 1.54) is 14.0 Å². The van der Waals surface area contributed by atoms with Gasteiger partial charge in [-0.2, -0.15) is 13.2 Å². The molecule has 7 nitrogen and oxygen atoms in total. The van der Waals surface area contributed by atoms with Crippen molar-refractivity contribution in [3.05, 3.63) is 26.7 Å². The van der Waals surface area contributed by atoms with E-state index in [0.717, 1.165) is 16.2 Å². The summed E-state index contributed by atoms with van der Waals surface area (Å²) < 4.78 is 41.4. The number of alkyl halides is 3. The molecule has 2 aromatic heterocycles. The van der Waals surface area contributed by atoms with Crippen LogP contribution in [0.5, 0.6) is 0 Å². The Balaban J connectivity index is 2.55. The summed E-state index contributed by atoms with van der Waals surface area (Å²) in [5.41, 5.74) is -2.14. The van der Waals surface area contributed by atoms with Gasteiger partial charge in [0.05, 0.1) is 0 Å². The average Bonchev–Trinajstić information content (AvgIpc) is 2.81. The van der Waals surface area contributed by atoms with E-state index in [4.69, 9.17) is 0 Å². The van der Waals surface area contributed by atoms with Gasteiger partial charge < -0.3 is 9.36 Å². The molecule has 24 heavy (non-hydrogen) atoms. The molecule has 0 unspecified atom stereocenters. The van der Waals surface area contributed by atoms with Crippen molar-refractivity contribution in [2.45, 2.75) is 38.9 Å². The molecule has 0 amide bonds. The van der Waals surface area contributed by atoms with Crippen LogP contribution in [0, 0.1) is 0 Å². The number of unbranched alkanes of at least 4 members (excludes halogenated alkanes) is 1. The molecule has 2 rings (SSSR count). The van der Waals surface area contributed by atoms with Gasteiger partial charge in [-0.15, -0.1) is 0 Å². The maximum Gasteiger partial charge on any atom is 0.449 e. The van der Waals surface area contributed by atoms with Gasteiger partial charge in [0.2, 0.25) is 5.82 Å². The smallest absolute Gasteiger partial charge is 0.318 e. The molecule has 0 atom stereocenters. The number of Topliss-reactive ketones (excluding diaryl/α,β-unsaturated/α-hetero) is 1. The second kappa shape index (κ2) is 6.25. The molecular weight excluding hydrogens is 329 g/mol. The molecule has 0 spiro atoms. The number of aromatic nitrogens is 4. The van der Waals surface area contributed by atoms with Gasteiger partial charge in [0.1, 0.15) is 5.78 Å². The highest BCUT2D eigenvalue weighted by atomic mass is 19.4. The minimum atomic E-state index is -4.73. The molecule has 2 heterocycles. The van der Waals surface area contributed by atoms with E-state index in [-0.39, 0.29) is 23.5 Å². The number of rotatable bonds is 5. The van der Waals surface area contributed by atoms with E-state index in [1.54, 1.807) is 0 Å². The number of carbonyl (C=O) groups excluding carboxylic acids is 1. The Labute approximate surface area is 134 Å². The zero-order valence-corrected chi connectivity index (χ0v) is 13.5. The second-order valence-electron chi connectivity index (χ2n) is 5.62. The van der Waals surface area contributed by atoms with Crippen molar-refractivity contribution in [2.75, 3.05) is 0 Å². The van der Waals surface area contributed by atoms with Crippen molar-refractivity contribution in [3.63, 3.8) is 0 Å². The third kappa shape index (κ3) is 3.13. The standard InChI is InChI=1S/C14H17F3N4O3/c1-8(22)6-4-5-7-21-11(23)9-10(20(3)13(21)24)18-12(19(9)2)14(15,16)17/h4-7H2,1-3H3. The molecule has 132 valence electrons. The normalized spacial score (nSPS) is 12.1. The number of nitrogens with zero attached hydrogens (tertiary/aromatic N) is 4. The highest BCUT2D eigenvalue weighted by Gasteiger charge is 2.38. The van der Waals surface area contributed by atoms with Crippen LogP contribution in [0.1, 0.15) is 32.0 Å². The lowest BCUT2D eigenvalue weighted by molar-refractivity contribution is -0.146. The van der Waals surface area contributed by atoms with Crippen molar-refractivity contribution < 1.29 is 18.0 Å². The number of fused-ring (bicyclic) bond motifs is 1. The molecule has 0 aliphatic heterocycles. The highest BCUT2D eigenvalue weighted by molar-refractivity contribution is 5.75. The van der Waals surface area contributed by atoms with Gasteiger partial charge in [-0.05, 0) is 19.8 Å². The molecule has 0 fully saturated rings. The summed E-state index contributed by atoms with van der Waals surface area (Å²) in [6, 6.07) is 0. The summed E-state index contributed by atoms with van der Waals surface area (Å²) in [6.45, 7) is 1.47. The van der Waals surface area contributed by atoms with Crippen LogP contribution < -0.4 is 11.2 Å². The van der Waals surface area contributed by atoms with Crippen LogP contribution >= 0.6 is 0 Å². The van der Waals surface area contributed by atoms with E-state index in [2.05, 4.69) is 4.98 Å². The molecule has 0 aliphatic carbocycles. The van der Waals surface area contributed by atoms with Crippen molar-refractivity contribution in [1.29, 1.82) is 0 Å². The Morgan fingerprint density at radius 1 is 1.12 bits per heavy atom. The third-order valence-corrected chi connectivity index (χ3v) is 3.77. The Hall–Kier alpha value is -2.39. The van der Waals surface area contributed by atoms with Crippen LogP contribution in [0.25, 0.3) is 11.2 Å². The Morgan fingerprint density at radius 3 is 2.29 bits per heavy atom. The van der Waals surface area contributed by atoms with E-state index in [1.807, 2.05) is 0 Å². The fourth-order valence-electron chi connectivity index (χ4n) is 2.54. The number of hydrogen-bond donors (Lipinski definition) is 0. The van der Waals surface area contributed by atoms with Crippen molar-refractivity contribution >= 4 is 16.9 Å². The van der Waals surface area contributed by atoms with E-state index in [0.29, 0.717) is 23.8 Å². The first-order valence-electron chi connectivity index (χ1n) is 7.28. The number of ketones is 1. The van der Waals surface area contributed by atoms with Crippen LogP contribution in [0.15, 0.2) is 9.59 Å². The number of halogens is 3. The van der Waals surface area contributed by atoms with E-state index >= 15 is 0 Å². The summed E-state index contributed by atoms with van der Waals surface area (Å²) in [7, 11) is 2.35. The highest BCUT2D eigenvalue weighted by Crippen LogP contribution is 2.29. The predicted molar refractivity (Wildman–Crippen MR) is 79.7 cm³/mol. The molecule has 0 saturated carbocycles. The molecule has 0 aromatic carbocycles. The largest absolute Gasteiger partial charge is 0.449 e. The fraction of sp³-hybridized carbons (Fsp3) is 0.571. The first-order chi connectivity index (χ1) is 11.1. The molecule has 0 aliphatic rings.